The Balaban J connectivity index is 2.40. The maximum absolute atomic E-state index is 13.3. The average Bonchev–Trinajstić information content (AvgIpc) is 2.64. The molecule has 1 aromatic rings. The van der Waals surface area contributed by atoms with Crippen molar-refractivity contribution in [1.29, 1.82) is 0 Å². The molecule has 0 N–H and O–H groups in total. The van der Waals surface area contributed by atoms with Crippen molar-refractivity contribution < 1.29 is 13.6 Å². The largest absolute Gasteiger partial charge is 0.309 e. The molecule has 2 rings (SSSR count). The van der Waals surface area contributed by atoms with Gasteiger partial charge >= 0.3 is 0 Å². The first-order valence-corrected chi connectivity index (χ1v) is 6.08. The lowest BCUT2D eigenvalue weighted by atomic mass is 9.85. The third-order valence-corrected chi connectivity index (χ3v) is 3.39. The van der Waals surface area contributed by atoms with Gasteiger partial charge in [0.1, 0.15) is 0 Å². The summed E-state index contributed by atoms with van der Waals surface area (Å²) >= 11 is 0. The van der Waals surface area contributed by atoms with Crippen molar-refractivity contribution >= 4 is 11.6 Å². The van der Waals surface area contributed by atoms with E-state index in [2.05, 4.69) is 0 Å². The average molecular weight is 253 g/mol. The summed E-state index contributed by atoms with van der Waals surface area (Å²) in [6, 6.07) is 3.64. The Morgan fingerprint density at radius 3 is 2.44 bits per heavy atom. The molecule has 1 amide bonds. The van der Waals surface area contributed by atoms with Crippen LogP contribution in [-0.4, -0.2) is 11.9 Å². The fourth-order valence-corrected chi connectivity index (χ4v) is 2.46. The quantitative estimate of drug-likeness (QED) is 0.750. The van der Waals surface area contributed by atoms with Gasteiger partial charge in [-0.15, -0.1) is 0 Å². The summed E-state index contributed by atoms with van der Waals surface area (Å²) in [5.74, 6) is -1.83. The summed E-state index contributed by atoms with van der Waals surface area (Å²) < 4.78 is 26.2. The molecule has 1 fully saturated rings. The van der Waals surface area contributed by atoms with Crippen LogP contribution in [0.4, 0.5) is 14.5 Å². The number of rotatable bonds is 1. The predicted molar refractivity (Wildman–Crippen MR) is 66.3 cm³/mol. The summed E-state index contributed by atoms with van der Waals surface area (Å²) in [7, 11) is 0. The van der Waals surface area contributed by atoms with Crippen LogP contribution in [0.5, 0.6) is 0 Å². The van der Waals surface area contributed by atoms with Gasteiger partial charge in [0, 0.05) is 24.2 Å². The van der Waals surface area contributed by atoms with E-state index in [1.54, 1.807) is 4.90 Å². The Kier molecular flexibility index (Phi) is 3.13. The highest BCUT2D eigenvalue weighted by Crippen LogP contribution is 2.37. The van der Waals surface area contributed by atoms with E-state index < -0.39 is 11.6 Å². The fourth-order valence-electron chi connectivity index (χ4n) is 2.46. The van der Waals surface area contributed by atoms with Gasteiger partial charge in [0.15, 0.2) is 11.6 Å². The maximum Gasteiger partial charge on any atom is 0.227 e. The minimum atomic E-state index is -0.917. The first-order valence-electron chi connectivity index (χ1n) is 6.08. The van der Waals surface area contributed by atoms with E-state index in [0.717, 1.165) is 18.6 Å². The highest BCUT2D eigenvalue weighted by atomic mass is 19.2. The zero-order valence-electron chi connectivity index (χ0n) is 10.8. The Labute approximate surface area is 106 Å². The number of hydrogen-bond donors (Lipinski definition) is 0. The number of nitrogens with zero attached hydrogens (tertiary/aromatic N) is 1. The second kappa shape index (κ2) is 4.34. The zero-order chi connectivity index (χ0) is 13.5. The number of anilines is 1. The van der Waals surface area contributed by atoms with Gasteiger partial charge in [-0.25, -0.2) is 8.78 Å². The molecule has 18 heavy (non-hydrogen) atoms. The highest BCUT2D eigenvalue weighted by molar-refractivity contribution is 5.96. The molecule has 1 aromatic carbocycles. The van der Waals surface area contributed by atoms with Crippen LogP contribution in [0.2, 0.25) is 0 Å². The molecule has 0 bridgehead atoms. The van der Waals surface area contributed by atoms with Crippen LogP contribution in [0.25, 0.3) is 0 Å². The lowest BCUT2D eigenvalue weighted by molar-refractivity contribution is -0.117. The van der Waals surface area contributed by atoms with Gasteiger partial charge in [0.25, 0.3) is 0 Å². The molecule has 1 unspecified atom stereocenters. The molecule has 0 radical (unpaired) electrons. The van der Waals surface area contributed by atoms with Crippen LogP contribution >= 0.6 is 0 Å². The molecule has 0 spiro atoms. The van der Waals surface area contributed by atoms with E-state index in [1.165, 1.54) is 6.07 Å². The van der Waals surface area contributed by atoms with Crippen LogP contribution in [-0.2, 0) is 4.79 Å². The van der Waals surface area contributed by atoms with E-state index in [1.807, 2.05) is 20.8 Å². The lowest BCUT2D eigenvalue weighted by Gasteiger charge is -2.35. The second-order valence-electron chi connectivity index (χ2n) is 5.78. The molecule has 2 nitrogen and oxygen atoms in total. The number of carbonyl (C=O) groups excluding carboxylic acids is 1. The topological polar surface area (TPSA) is 20.3 Å². The standard InChI is InChI=1S/C14H17F2NO/c1-14(2,3)12-6-7-13(18)17(12)9-4-5-10(15)11(16)8-9/h4-5,8,12H,6-7H2,1-3H3. The molecule has 4 heteroatoms. The van der Waals surface area contributed by atoms with Crippen LogP contribution in [0.15, 0.2) is 18.2 Å². The Morgan fingerprint density at radius 1 is 1.22 bits per heavy atom. The van der Waals surface area contributed by atoms with Gasteiger partial charge in [-0.3, -0.25) is 4.79 Å². The zero-order valence-corrected chi connectivity index (χ0v) is 10.8. The van der Waals surface area contributed by atoms with Crippen LogP contribution in [0.3, 0.4) is 0 Å². The SMILES string of the molecule is CC(C)(C)C1CCC(=O)N1c1ccc(F)c(F)c1. The van der Waals surface area contributed by atoms with E-state index in [0.29, 0.717) is 12.1 Å². The number of hydrogen-bond acceptors (Lipinski definition) is 1. The summed E-state index contributed by atoms with van der Waals surface area (Å²) in [5, 5.41) is 0. The second-order valence-corrected chi connectivity index (χ2v) is 5.78. The van der Waals surface area contributed by atoms with Crippen molar-refractivity contribution in [2.75, 3.05) is 4.90 Å². The Bertz CT molecular complexity index is 479. The third-order valence-electron chi connectivity index (χ3n) is 3.39. The van der Waals surface area contributed by atoms with Gasteiger partial charge in [-0.05, 0) is 24.0 Å². The lowest BCUT2D eigenvalue weighted by Crippen LogP contribution is -2.41. The summed E-state index contributed by atoms with van der Waals surface area (Å²) in [5.41, 5.74) is 0.355. The first-order chi connectivity index (χ1) is 8.30. The number of halogens is 2. The van der Waals surface area contributed by atoms with Crippen LogP contribution in [0.1, 0.15) is 33.6 Å². The normalized spacial score (nSPS) is 20.6. The first kappa shape index (κ1) is 13.0. The molecule has 1 heterocycles. The van der Waals surface area contributed by atoms with Crippen molar-refractivity contribution in [2.45, 2.75) is 39.7 Å². The van der Waals surface area contributed by atoms with Crippen molar-refractivity contribution in [1.82, 2.24) is 0 Å². The molecule has 0 aliphatic carbocycles. The van der Waals surface area contributed by atoms with Gasteiger partial charge in [0.2, 0.25) is 5.91 Å². The maximum atomic E-state index is 13.3. The minimum Gasteiger partial charge on any atom is -0.309 e. The third kappa shape index (κ3) is 2.24. The van der Waals surface area contributed by atoms with Gasteiger partial charge in [0.05, 0.1) is 0 Å². The predicted octanol–water partition coefficient (Wildman–Crippen LogP) is 3.51. The molecule has 1 aliphatic heterocycles. The minimum absolute atomic E-state index is 0.0230. The number of carbonyl (C=O) groups is 1. The van der Waals surface area contributed by atoms with Gasteiger partial charge < -0.3 is 4.90 Å². The monoisotopic (exact) mass is 253 g/mol. The van der Waals surface area contributed by atoms with Crippen molar-refractivity contribution in [3.8, 4) is 0 Å². The van der Waals surface area contributed by atoms with Crippen LogP contribution in [0, 0.1) is 17.0 Å². The fraction of sp³-hybridized carbons (Fsp3) is 0.500. The van der Waals surface area contributed by atoms with Gasteiger partial charge in [-0.2, -0.15) is 0 Å². The van der Waals surface area contributed by atoms with Crippen molar-refractivity contribution in [3.05, 3.63) is 29.8 Å². The smallest absolute Gasteiger partial charge is 0.227 e. The molecule has 0 aromatic heterocycles. The highest BCUT2D eigenvalue weighted by Gasteiger charge is 2.39. The molecular weight excluding hydrogens is 236 g/mol. The summed E-state index contributed by atoms with van der Waals surface area (Å²) in [4.78, 5) is 13.5. The van der Waals surface area contributed by atoms with Crippen molar-refractivity contribution in [2.24, 2.45) is 5.41 Å². The van der Waals surface area contributed by atoms with Gasteiger partial charge in [-0.1, -0.05) is 20.8 Å². The molecule has 1 saturated heterocycles. The van der Waals surface area contributed by atoms with E-state index in [9.17, 15) is 13.6 Å². The summed E-state index contributed by atoms with van der Waals surface area (Å²) in [6.45, 7) is 6.13. The van der Waals surface area contributed by atoms with Crippen molar-refractivity contribution in [3.63, 3.8) is 0 Å². The van der Waals surface area contributed by atoms with E-state index in [4.69, 9.17) is 0 Å². The molecule has 1 atom stereocenters. The molecule has 98 valence electrons. The molecule has 0 saturated carbocycles. The Hall–Kier alpha value is -1.45. The molecular formula is C14H17F2NO. The summed E-state index contributed by atoms with van der Waals surface area (Å²) in [6.07, 6.45) is 1.21. The number of amides is 1. The van der Waals surface area contributed by atoms with E-state index >= 15 is 0 Å². The Morgan fingerprint density at radius 2 is 1.89 bits per heavy atom. The van der Waals surface area contributed by atoms with Crippen LogP contribution < -0.4 is 4.90 Å². The number of benzene rings is 1. The van der Waals surface area contributed by atoms with E-state index in [-0.39, 0.29) is 17.4 Å². The molecule has 1 aliphatic rings.